The van der Waals surface area contributed by atoms with Crippen molar-refractivity contribution in [3.05, 3.63) is 48.2 Å². The van der Waals surface area contributed by atoms with Crippen LogP contribution in [0.25, 0.3) is 0 Å². The van der Waals surface area contributed by atoms with Gasteiger partial charge in [0.25, 0.3) is 11.7 Å². The number of quaternary nitrogens is 1. The minimum absolute atomic E-state index is 0.215. The Morgan fingerprint density at radius 1 is 1.43 bits per heavy atom. The maximum atomic E-state index is 6.26. The zero-order valence-electron chi connectivity index (χ0n) is 11.9. The molecule has 0 spiro atoms. The Morgan fingerprint density at radius 3 is 3.10 bits per heavy atom. The average Bonchev–Trinajstić information content (AvgIpc) is 3.09. The highest BCUT2D eigenvalue weighted by Gasteiger charge is 2.39. The third kappa shape index (κ3) is 2.76. The van der Waals surface area contributed by atoms with Crippen LogP contribution in [0.1, 0.15) is 31.9 Å². The lowest BCUT2D eigenvalue weighted by Crippen LogP contribution is -2.50. The number of hydrogen-bond acceptors (Lipinski definition) is 5. The number of fused-ring (bicyclic) bond motifs is 1. The van der Waals surface area contributed by atoms with Gasteiger partial charge in [-0.15, -0.1) is 5.84 Å². The largest absolute Gasteiger partial charge is 0.461 e. The van der Waals surface area contributed by atoms with E-state index in [2.05, 4.69) is 28.1 Å². The minimum Gasteiger partial charge on any atom is -0.461 e. The van der Waals surface area contributed by atoms with E-state index in [-0.39, 0.29) is 4.70 Å². The molecule has 2 aliphatic rings. The number of aliphatic imine (C=N–C) groups is 2. The molecule has 108 valence electrons. The second-order valence-electron chi connectivity index (χ2n) is 4.97. The Morgan fingerprint density at radius 2 is 2.33 bits per heavy atom. The molecule has 2 aliphatic heterocycles. The van der Waals surface area contributed by atoms with Crippen LogP contribution in [0.2, 0.25) is 0 Å². The third-order valence-corrected chi connectivity index (χ3v) is 3.26. The number of nitrogens with two attached hydrogens (primary N) is 1. The van der Waals surface area contributed by atoms with Gasteiger partial charge in [0.1, 0.15) is 11.9 Å². The molecule has 3 heterocycles. The van der Waals surface area contributed by atoms with Crippen LogP contribution in [0.5, 0.6) is 0 Å². The molecular weight excluding hydrogens is 266 g/mol. The number of hydrogen-bond donors (Lipinski definition) is 1. The fourth-order valence-electron chi connectivity index (χ4n) is 2.12. The highest BCUT2D eigenvalue weighted by molar-refractivity contribution is 6.31. The second kappa shape index (κ2) is 5.59. The summed E-state index contributed by atoms with van der Waals surface area (Å²) in [5, 5.41) is 4.41. The van der Waals surface area contributed by atoms with Gasteiger partial charge in [0.15, 0.2) is 12.0 Å². The summed E-state index contributed by atoms with van der Waals surface area (Å²) in [4.78, 5) is 8.72. The van der Waals surface area contributed by atoms with E-state index >= 15 is 0 Å². The van der Waals surface area contributed by atoms with E-state index < -0.39 is 0 Å². The summed E-state index contributed by atoms with van der Waals surface area (Å²) in [6.45, 7) is 2.17. The molecule has 0 saturated carbocycles. The highest BCUT2D eigenvalue weighted by Crippen LogP contribution is 2.21. The lowest BCUT2D eigenvalue weighted by atomic mass is 10.2. The molecule has 6 heteroatoms. The average molecular weight is 284 g/mol. The molecule has 2 N–H and O–H groups in total. The molecule has 0 fully saturated rings. The molecular formula is C15H18N5O+. The standard InChI is InChI=1S/C15H18N5O/c1-2-3-4-5-7-12-11-20(16)14(10-17-12)18-15(19-20)13-8-6-9-21-13/h5-11H,2-4,16H2,1H3/q+1. The predicted octanol–water partition coefficient (Wildman–Crippen LogP) is 2.72. The van der Waals surface area contributed by atoms with E-state index in [0.29, 0.717) is 17.4 Å². The van der Waals surface area contributed by atoms with Crippen molar-refractivity contribution >= 4 is 17.9 Å². The first-order valence-corrected chi connectivity index (χ1v) is 7.05. The Bertz CT molecular complexity index is 666. The van der Waals surface area contributed by atoms with Crippen LogP contribution in [0.15, 0.2) is 61.9 Å². The van der Waals surface area contributed by atoms with Gasteiger partial charge in [-0.25, -0.2) is 4.99 Å². The lowest BCUT2D eigenvalue weighted by Gasteiger charge is -2.18. The quantitative estimate of drug-likeness (QED) is 0.512. The fourth-order valence-corrected chi connectivity index (χ4v) is 2.12. The first kappa shape index (κ1) is 13.7. The zero-order valence-corrected chi connectivity index (χ0v) is 11.9. The number of rotatable bonds is 5. The van der Waals surface area contributed by atoms with Crippen LogP contribution < -0.4 is 5.84 Å². The van der Waals surface area contributed by atoms with Gasteiger partial charge in [0, 0.05) is 0 Å². The van der Waals surface area contributed by atoms with Gasteiger partial charge in [-0.05, 0) is 34.4 Å². The van der Waals surface area contributed by atoms with Gasteiger partial charge in [0.05, 0.1) is 6.26 Å². The van der Waals surface area contributed by atoms with Gasteiger partial charge >= 0.3 is 0 Å². The van der Waals surface area contributed by atoms with Crippen molar-refractivity contribution in [1.82, 2.24) is 0 Å². The monoisotopic (exact) mass is 284 g/mol. The maximum absolute atomic E-state index is 6.26. The molecule has 0 radical (unpaired) electrons. The van der Waals surface area contributed by atoms with Gasteiger partial charge in [-0.1, -0.05) is 25.8 Å². The molecule has 1 aromatic rings. The Hall–Kier alpha value is -2.31. The summed E-state index contributed by atoms with van der Waals surface area (Å²) in [6, 6.07) is 3.60. The molecule has 0 saturated heterocycles. The van der Waals surface area contributed by atoms with Gasteiger partial charge in [-0.2, -0.15) is 4.99 Å². The Kier molecular flexibility index (Phi) is 3.64. The summed E-state index contributed by atoms with van der Waals surface area (Å²) in [7, 11) is 0. The van der Waals surface area contributed by atoms with Crippen LogP contribution in [-0.4, -0.2) is 22.6 Å². The third-order valence-electron chi connectivity index (χ3n) is 3.26. The number of allylic oxidation sites excluding steroid dienone is 2. The first-order chi connectivity index (χ1) is 10.2. The van der Waals surface area contributed by atoms with E-state index in [1.54, 1.807) is 30.8 Å². The van der Waals surface area contributed by atoms with Crippen molar-refractivity contribution in [3.63, 3.8) is 0 Å². The summed E-state index contributed by atoms with van der Waals surface area (Å²) in [6.07, 6.45) is 12.5. The van der Waals surface area contributed by atoms with Gasteiger partial charge in [0.2, 0.25) is 0 Å². The normalized spacial score (nSPS) is 24.0. The number of amidine groups is 2. The smallest absolute Gasteiger partial charge is 0.300 e. The summed E-state index contributed by atoms with van der Waals surface area (Å²) < 4.78 is 5.09. The van der Waals surface area contributed by atoms with Crippen molar-refractivity contribution in [2.75, 3.05) is 0 Å². The van der Waals surface area contributed by atoms with Crippen molar-refractivity contribution in [2.24, 2.45) is 20.9 Å². The molecule has 0 aromatic carbocycles. The summed E-state index contributed by atoms with van der Waals surface area (Å²) in [5.41, 5.74) is 0.789. The molecule has 1 unspecified atom stereocenters. The summed E-state index contributed by atoms with van der Waals surface area (Å²) in [5.74, 6) is 7.92. The van der Waals surface area contributed by atoms with E-state index in [9.17, 15) is 0 Å². The van der Waals surface area contributed by atoms with Crippen LogP contribution in [0, 0.1) is 0 Å². The Balaban J connectivity index is 1.82. The SMILES string of the molecule is CCCCC=CC1=C[N+]2(N)N=C(c3ccco3)N=C2C=N1. The van der Waals surface area contributed by atoms with Crippen LogP contribution in [0.4, 0.5) is 0 Å². The van der Waals surface area contributed by atoms with E-state index in [1.165, 1.54) is 12.8 Å². The molecule has 1 aromatic heterocycles. The van der Waals surface area contributed by atoms with Crippen molar-refractivity contribution in [3.8, 4) is 0 Å². The molecule has 21 heavy (non-hydrogen) atoms. The minimum atomic E-state index is -0.215. The first-order valence-electron chi connectivity index (χ1n) is 7.05. The highest BCUT2D eigenvalue weighted by atomic mass is 16.3. The van der Waals surface area contributed by atoms with Crippen LogP contribution >= 0.6 is 0 Å². The number of nitrogens with zero attached hydrogens (tertiary/aromatic N) is 4. The number of furan rings is 1. The van der Waals surface area contributed by atoms with Crippen LogP contribution in [0.3, 0.4) is 0 Å². The van der Waals surface area contributed by atoms with E-state index in [1.807, 2.05) is 6.08 Å². The zero-order chi connectivity index (χ0) is 14.7. The summed E-state index contributed by atoms with van der Waals surface area (Å²) >= 11 is 0. The van der Waals surface area contributed by atoms with Crippen LogP contribution in [-0.2, 0) is 0 Å². The van der Waals surface area contributed by atoms with Crippen molar-refractivity contribution in [1.29, 1.82) is 0 Å². The predicted molar refractivity (Wildman–Crippen MR) is 82.4 cm³/mol. The Labute approximate surface area is 123 Å². The molecule has 0 aliphatic carbocycles. The van der Waals surface area contributed by atoms with Gasteiger partial charge < -0.3 is 4.42 Å². The topological polar surface area (TPSA) is 76.2 Å². The molecule has 0 amide bonds. The van der Waals surface area contributed by atoms with Crippen molar-refractivity contribution < 1.29 is 9.12 Å². The van der Waals surface area contributed by atoms with Gasteiger partial charge in [-0.3, -0.25) is 0 Å². The molecule has 0 bridgehead atoms. The molecule has 3 rings (SSSR count). The maximum Gasteiger partial charge on any atom is 0.300 e. The molecule has 1 atom stereocenters. The van der Waals surface area contributed by atoms with E-state index in [0.717, 1.165) is 12.1 Å². The lowest BCUT2D eigenvalue weighted by molar-refractivity contribution is -0.803. The van der Waals surface area contributed by atoms with E-state index in [4.69, 9.17) is 10.3 Å². The van der Waals surface area contributed by atoms with Crippen molar-refractivity contribution in [2.45, 2.75) is 26.2 Å². The number of unbranched alkanes of at least 4 members (excludes halogenated alkanes) is 2. The molecule has 6 nitrogen and oxygen atoms in total. The fraction of sp³-hybridized carbons (Fsp3) is 0.267. The second-order valence-corrected chi connectivity index (χ2v) is 4.97.